The predicted molar refractivity (Wildman–Crippen MR) is 109 cm³/mol. The molecule has 0 aromatic rings. The van der Waals surface area contributed by atoms with E-state index in [0.717, 1.165) is 51.2 Å². The van der Waals surface area contributed by atoms with Crippen LogP contribution in [-0.4, -0.2) is 25.7 Å². The zero-order chi connectivity index (χ0) is 19.4. The highest BCUT2D eigenvalue weighted by Crippen LogP contribution is 2.59. The van der Waals surface area contributed by atoms with Gasteiger partial charge in [-0.2, -0.15) is 0 Å². The van der Waals surface area contributed by atoms with Gasteiger partial charge in [-0.15, -0.1) is 0 Å². The van der Waals surface area contributed by atoms with Crippen LogP contribution in [0.3, 0.4) is 0 Å². The van der Waals surface area contributed by atoms with Crippen LogP contribution in [0.15, 0.2) is 22.8 Å². The number of rotatable bonds is 3. The Morgan fingerprint density at radius 3 is 2.70 bits per heavy atom. The van der Waals surface area contributed by atoms with Crippen molar-refractivity contribution in [3.8, 4) is 0 Å². The zero-order valence-corrected chi connectivity index (χ0v) is 17.9. The second-order valence-corrected chi connectivity index (χ2v) is 12.2. The fourth-order valence-corrected chi connectivity index (χ4v) is 8.94. The lowest BCUT2D eigenvalue weighted by atomic mass is 9.61. The summed E-state index contributed by atoms with van der Waals surface area (Å²) in [5.41, 5.74) is 3.98. The maximum atomic E-state index is 13.0. The van der Waals surface area contributed by atoms with Crippen molar-refractivity contribution in [3.63, 3.8) is 0 Å². The van der Waals surface area contributed by atoms with Crippen molar-refractivity contribution < 1.29 is 13.2 Å². The highest BCUT2D eigenvalue weighted by Gasteiger charge is 2.51. The Labute approximate surface area is 164 Å². The Morgan fingerprint density at radius 2 is 1.96 bits per heavy atom. The van der Waals surface area contributed by atoms with Crippen molar-refractivity contribution >= 4 is 16.1 Å². The van der Waals surface area contributed by atoms with Crippen molar-refractivity contribution in [2.24, 2.45) is 29.1 Å². The maximum absolute atomic E-state index is 13.0. The monoisotopic (exact) mass is 390 g/mol. The first-order chi connectivity index (χ1) is 12.8. The molecule has 6 atom stereocenters. The summed E-state index contributed by atoms with van der Waals surface area (Å²) < 4.78 is 25.9. The number of sulfone groups is 1. The summed E-state index contributed by atoms with van der Waals surface area (Å²) in [5, 5.41) is -0.366. The molecule has 0 saturated heterocycles. The summed E-state index contributed by atoms with van der Waals surface area (Å²) in [6.45, 7) is 6.67. The lowest BCUT2D eigenvalue weighted by molar-refractivity contribution is -0.113. The molecule has 4 heteroatoms. The van der Waals surface area contributed by atoms with Crippen LogP contribution in [-0.2, 0) is 14.6 Å². The number of carbonyl (C=O) groups is 1. The molecule has 1 heterocycles. The van der Waals surface area contributed by atoms with Gasteiger partial charge in [-0.25, -0.2) is 8.42 Å². The van der Waals surface area contributed by atoms with E-state index in [1.54, 1.807) is 0 Å². The number of hydrogen-bond donors (Lipinski definition) is 0. The first kappa shape index (κ1) is 19.4. The summed E-state index contributed by atoms with van der Waals surface area (Å²) in [7, 11) is -3.08. The van der Waals surface area contributed by atoms with Gasteiger partial charge in [0.05, 0.1) is 5.75 Å². The molecule has 4 rings (SSSR count). The molecule has 150 valence electrons. The van der Waals surface area contributed by atoms with Gasteiger partial charge >= 0.3 is 0 Å². The molecular weight excluding hydrogens is 356 g/mol. The van der Waals surface area contributed by atoms with Gasteiger partial charge in [0.25, 0.3) is 0 Å². The number of aldehydes is 1. The smallest absolute Gasteiger partial charge is 0.164 e. The lowest BCUT2D eigenvalue weighted by Crippen LogP contribution is -2.36. The molecule has 0 aromatic carbocycles. The molecule has 4 aliphatic rings. The van der Waals surface area contributed by atoms with E-state index in [1.165, 1.54) is 23.1 Å². The van der Waals surface area contributed by atoms with E-state index in [2.05, 4.69) is 26.8 Å². The molecule has 0 aromatic heterocycles. The summed E-state index contributed by atoms with van der Waals surface area (Å²) >= 11 is 0. The van der Waals surface area contributed by atoms with Crippen LogP contribution < -0.4 is 0 Å². The second-order valence-electron chi connectivity index (χ2n) is 10.0. The first-order valence-electron chi connectivity index (χ1n) is 10.8. The quantitative estimate of drug-likeness (QED) is 0.510. The first-order valence-corrected chi connectivity index (χ1v) is 12.6. The molecular formula is C23H34O3S. The van der Waals surface area contributed by atoms with Crippen LogP contribution in [0.25, 0.3) is 0 Å². The Hall–Kier alpha value is -0.900. The summed E-state index contributed by atoms with van der Waals surface area (Å²) in [5.74, 6) is 1.88. The van der Waals surface area contributed by atoms with Crippen LogP contribution in [0.4, 0.5) is 0 Å². The zero-order valence-electron chi connectivity index (χ0n) is 17.0. The van der Waals surface area contributed by atoms with Crippen LogP contribution >= 0.6 is 0 Å². The molecule has 2 saturated carbocycles. The van der Waals surface area contributed by atoms with Gasteiger partial charge in [-0.1, -0.05) is 38.0 Å². The second kappa shape index (κ2) is 6.86. The molecule has 3 aliphatic carbocycles. The number of hydrogen-bond acceptors (Lipinski definition) is 3. The molecule has 3 unspecified atom stereocenters. The normalized spacial score (nSPS) is 43.4. The third kappa shape index (κ3) is 3.16. The molecule has 27 heavy (non-hydrogen) atoms. The minimum absolute atomic E-state index is 0.100. The van der Waals surface area contributed by atoms with E-state index in [0.29, 0.717) is 17.8 Å². The highest BCUT2D eigenvalue weighted by molar-refractivity contribution is 7.92. The fraction of sp³-hybridized carbons (Fsp3) is 0.783. The molecule has 0 spiro atoms. The average Bonchev–Trinajstić information content (AvgIpc) is 3.09. The summed E-state index contributed by atoms with van der Waals surface area (Å²) in [6.07, 6.45) is 11.9. The van der Waals surface area contributed by atoms with Crippen molar-refractivity contribution in [1.29, 1.82) is 0 Å². The van der Waals surface area contributed by atoms with E-state index in [4.69, 9.17) is 0 Å². The van der Waals surface area contributed by atoms with Gasteiger partial charge < -0.3 is 4.79 Å². The van der Waals surface area contributed by atoms with E-state index >= 15 is 0 Å². The van der Waals surface area contributed by atoms with Crippen LogP contribution in [0.1, 0.15) is 72.1 Å². The lowest BCUT2D eigenvalue weighted by Gasteiger charge is -2.43. The third-order valence-corrected chi connectivity index (χ3v) is 10.3. The standard InChI is InChI=1S/C23H34O3S/c1-15-6-7-18-14-27(25,26)22(19(18)11-15)12-17-5-4-10-23(3)20(16(2)13-24)8-9-21(17)23/h12-13,15-16,20-22H,4-11,14H2,1-3H3/b17-12+/t15-,16+,20?,21?,22?,23+/m0/s1. The molecule has 1 aliphatic heterocycles. The van der Waals surface area contributed by atoms with Gasteiger partial charge in [0.15, 0.2) is 9.84 Å². The molecule has 0 radical (unpaired) electrons. The summed E-state index contributed by atoms with van der Waals surface area (Å²) in [4.78, 5) is 11.4. The van der Waals surface area contributed by atoms with E-state index < -0.39 is 9.84 Å². The molecule has 0 amide bonds. The minimum Gasteiger partial charge on any atom is -0.303 e. The van der Waals surface area contributed by atoms with Crippen molar-refractivity contribution in [3.05, 3.63) is 22.8 Å². The van der Waals surface area contributed by atoms with Gasteiger partial charge in [0.2, 0.25) is 0 Å². The fourth-order valence-electron chi connectivity index (χ4n) is 6.87. The van der Waals surface area contributed by atoms with E-state index in [1.807, 2.05) is 0 Å². The van der Waals surface area contributed by atoms with E-state index in [9.17, 15) is 13.2 Å². The van der Waals surface area contributed by atoms with Crippen LogP contribution in [0.5, 0.6) is 0 Å². The number of allylic oxidation sites excluding steroid dienone is 1. The van der Waals surface area contributed by atoms with Crippen molar-refractivity contribution in [2.75, 3.05) is 5.75 Å². The van der Waals surface area contributed by atoms with Crippen LogP contribution in [0, 0.1) is 29.1 Å². The van der Waals surface area contributed by atoms with Gasteiger partial charge in [0, 0.05) is 5.92 Å². The molecule has 3 nitrogen and oxygen atoms in total. The summed E-state index contributed by atoms with van der Waals surface area (Å²) in [6, 6.07) is 0. The Balaban J connectivity index is 1.67. The van der Waals surface area contributed by atoms with Crippen LogP contribution in [0.2, 0.25) is 0 Å². The molecule has 0 N–H and O–H groups in total. The minimum atomic E-state index is -3.08. The highest BCUT2D eigenvalue weighted by atomic mass is 32.2. The third-order valence-electron chi connectivity index (χ3n) is 8.32. The average molecular weight is 391 g/mol. The Kier molecular flexibility index (Phi) is 4.93. The maximum Gasteiger partial charge on any atom is 0.164 e. The topological polar surface area (TPSA) is 51.2 Å². The van der Waals surface area contributed by atoms with Gasteiger partial charge in [-0.3, -0.25) is 0 Å². The Morgan fingerprint density at radius 1 is 1.19 bits per heavy atom. The van der Waals surface area contributed by atoms with Gasteiger partial charge in [0.1, 0.15) is 11.5 Å². The Bertz CT molecular complexity index is 790. The van der Waals surface area contributed by atoms with Crippen molar-refractivity contribution in [1.82, 2.24) is 0 Å². The SMILES string of the molecule is C[C@H]1CCC2=C(C1)C(/C=C1\CCC[C@@]3(C)C1CCC3[C@H](C)C=O)S(=O)(=O)C2. The van der Waals surface area contributed by atoms with Gasteiger partial charge in [-0.05, 0) is 80.1 Å². The van der Waals surface area contributed by atoms with Crippen molar-refractivity contribution in [2.45, 2.75) is 77.4 Å². The number of fused-ring (bicyclic) bond motifs is 1. The predicted octanol–water partition coefficient (Wildman–Crippen LogP) is 4.88. The molecule has 0 bridgehead atoms. The number of carbonyl (C=O) groups excluding carboxylic acids is 1. The largest absolute Gasteiger partial charge is 0.303 e. The van der Waals surface area contributed by atoms with E-state index in [-0.39, 0.29) is 22.3 Å². The molecule has 2 fully saturated rings.